The smallest absolute Gasteiger partial charge is 0.311 e. The van der Waals surface area contributed by atoms with Crippen molar-refractivity contribution in [1.29, 1.82) is 0 Å². The Kier molecular flexibility index (Phi) is 3.37. The summed E-state index contributed by atoms with van der Waals surface area (Å²) in [6.45, 7) is 0.271. The average Bonchev–Trinajstić information content (AvgIpc) is 2.71. The minimum Gasteiger partial charge on any atom is -0.469 e. The molecule has 0 N–H and O–H groups in total. The lowest BCUT2D eigenvalue weighted by molar-refractivity contribution is -0.145. The molecule has 0 radical (unpaired) electrons. The van der Waals surface area contributed by atoms with E-state index in [4.69, 9.17) is 0 Å². The van der Waals surface area contributed by atoms with Crippen LogP contribution >= 0.6 is 15.9 Å². The van der Waals surface area contributed by atoms with Crippen LogP contribution in [0.4, 0.5) is 5.95 Å². The standard InChI is InChI=1S/C10H10BrN3O3/c1-17-9(16)6-2-8(15)14(5-6)10-12-3-7(11)4-13-10/h3-4,6H,2,5H2,1H3. The van der Waals surface area contributed by atoms with Gasteiger partial charge in [0.05, 0.1) is 17.5 Å². The van der Waals surface area contributed by atoms with Crippen molar-refractivity contribution in [3.63, 3.8) is 0 Å². The van der Waals surface area contributed by atoms with Crippen molar-refractivity contribution in [3.05, 3.63) is 16.9 Å². The lowest BCUT2D eigenvalue weighted by Gasteiger charge is -2.13. The normalized spacial score (nSPS) is 19.5. The summed E-state index contributed by atoms with van der Waals surface area (Å²) in [4.78, 5) is 32.5. The van der Waals surface area contributed by atoms with E-state index in [1.165, 1.54) is 12.0 Å². The molecule has 1 atom stereocenters. The maximum atomic E-state index is 11.7. The van der Waals surface area contributed by atoms with E-state index in [-0.39, 0.29) is 24.8 Å². The molecule has 17 heavy (non-hydrogen) atoms. The molecule has 2 heterocycles. The summed E-state index contributed by atoms with van der Waals surface area (Å²) in [5, 5.41) is 0. The number of esters is 1. The Morgan fingerprint density at radius 2 is 2.18 bits per heavy atom. The van der Waals surface area contributed by atoms with E-state index in [9.17, 15) is 9.59 Å². The number of ether oxygens (including phenoxy) is 1. The zero-order valence-electron chi connectivity index (χ0n) is 9.09. The molecule has 6 nitrogen and oxygen atoms in total. The fraction of sp³-hybridized carbons (Fsp3) is 0.400. The van der Waals surface area contributed by atoms with Gasteiger partial charge in [-0.1, -0.05) is 0 Å². The number of anilines is 1. The van der Waals surface area contributed by atoms with Gasteiger partial charge in [-0.05, 0) is 15.9 Å². The predicted molar refractivity (Wildman–Crippen MR) is 62.2 cm³/mol. The summed E-state index contributed by atoms with van der Waals surface area (Å²) in [7, 11) is 1.31. The van der Waals surface area contributed by atoms with Gasteiger partial charge >= 0.3 is 5.97 Å². The fourth-order valence-electron chi connectivity index (χ4n) is 1.67. The van der Waals surface area contributed by atoms with Crippen LogP contribution < -0.4 is 4.90 Å². The second-order valence-corrected chi connectivity index (χ2v) is 4.55. The lowest BCUT2D eigenvalue weighted by Crippen LogP contribution is -2.27. The van der Waals surface area contributed by atoms with Crippen LogP contribution in [0, 0.1) is 5.92 Å². The van der Waals surface area contributed by atoms with Crippen molar-refractivity contribution in [2.45, 2.75) is 6.42 Å². The highest BCUT2D eigenvalue weighted by Gasteiger charge is 2.36. The van der Waals surface area contributed by atoms with E-state index in [0.717, 1.165) is 4.47 Å². The number of nitrogens with zero attached hydrogens (tertiary/aromatic N) is 3. The van der Waals surface area contributed by atoms with Gasteiger partial charge in [0.1, 0.15) is 0 Å². The quantitative estimate of drug-likeness (QED) is 0.754. The molecule has 1 unspecified atom stereocenters. The number of halogens is 1. The maximum Gasteiger partial charge on any atom is 0.311 e. The summed E-state index contributed by atoms with van der Waals surface area (Å²) >= 11 is 3.21. The van der Waals surface area contributed by atoms with Crippen molar-refractivity contribution in [1.82, 2.24) is 9.97 Å². The number of hydrogen-bond donors (Lipinski definition) is 0. The second kappa shape index (κ2) is 4.79. The van der Waals surface area contributed by atoms with Crippen molar-refractivity contribution < 1.29 is 14.3 Å². The molecule has 0 bridgehead atoms. The van der Waals surface area contributed by atoms with Crippen LogP contribution in [-0.4, -0.2) is 35.5 Å². The van der Waals surface area contributed by atoms with Gasteiger partial charge < -0.3 is 4.74 Å². The second-order valence-electron chi connectivity index (χ2n) is 3.63. The summed E-state index contributed by atoms with van der Waals surface area (Å²) in [6.07, 6.45) is 3.26. The molecule has 0 saturated carbocycles. The topological polar surface area (TPSA) is 72.4 Å². The third kappa shape index (κ3) is 2.44. The molecule has 1 aromatic rings. The summed E-state index contributed by atoms with van der Waals surface area (Å²) in [5.41, 5.74) is 0. The Labute approximate surface area is 106 Å². The molecule has 1 aromatic heterocycles. The zero-order valence-corrected chi connectivity index (χ0v) is 10.7. The van der Waals surface area contributed by atoms with Crippen molar-refractivity contribution >= 4 is 33.8 Å². The first kappa shape index (κ1) is 12.0. The monoisotopic (exact) mass is 299 g/mol. The number of rotatable bonds is 2. The highest BCUT2D eigenvalue weighted by atomic mass is 79.9. The van der Waals surface area contributed by atoms with Crippen molar-refractivity contribution in [3.8, 4) is 0 Å². The molecule has 1 amide bonds. The Morgan fingerprint density at radius 1 is 1.53 bits per heavy atom. The van der Waals surface area contributed by atoms with Gasteiger partial charge in [0.25, 0.3) is 0 Å². The summed E-state index contributed by atoms with van der Waals surface area (Å²) in [6, 6.07) is 0. The van der Waals surface area contributed by atoms with Gasteiger partial charge in [0.15, 0.2) is 0 Å². The van der Waals surface area contributed by atoms with Gasteiger partial charge in [-0.25, -0.2) is 9.97 Å². The molecule has 0 aromatic carbocycles. The van der Waals surface area contributed by atoms with Crippen LogP contribution in [0.1, 0.15) is 6.42 Å². The minimum atomic E-state index is -0.431. The number of hydrogen-bond acceptors (Lipinski definition) is 5. The van der Waals surface area contributed by atoms with E-state index in [0.29, 0.717) is 5.95 Å². The van der Waals surface area contributed by atoms with E-state index in [2.05, 4.69) is 30.6 Å². The van der Waals surface area contributed by atoms with Crippen LogP contribution in [0.5, 0.6) is 0 Å². The largest absolute Gasteiger partial charge is 0.469 e. The first-order chi connectivity index (χ1) is 8.11. The molecule has 1 fully saturated rings. The predicted octanol–water partition coefficient (Wildman–Crippen LogP) is 0.765. The van der Waals surface area contributed by atoms with Crippen molar-refractivity contribution in [2.24, 2.45) is 5.92 Å². The summed E-state index contributed by atoms with van der Waals surface area (Å²) < 4.78 is 5.35. The highest BCUT2D eigenvalue weighted by molar-refractivity contribution is 9.10. The van der Waals surface area contributed by atoms with E-state index < -0.39 is 5.92 Å². The Hall–Kier alpha value is -1.50. The minimum absolute atomic E-state index is 0.145. The number of carbonyl (C=O) groups excluding carboxylic acids is 2. The Bertz CT molecular complexity index is 449. The Balaban J connectivity index is 2.15. The third-order valence-electron chi connectivity index (χ3n) is 2.51. The van der Waals surface area contributed by atoms with Crippen LogP contribution in [-0.2, 0) is 14.3 Å². The molecule has 1 saturated heterocycles. The summed E-state index contributed by atoms with van der Waals surface area (Å²) in [5.74, 6) is -0.662. The van der Waals surface area contributed by atoms with Gasteiger partial charge in [0, 0.05) is 25.4 Å². The third-order valence-corrected chi connectivity index (χ3v) is 2.92. The van der Waals surface area contributed by atoms with Gasteiger partial charge in [-0.15, -0.1) is 0 Å². The molecule has 0 spiro atoms. The number of amides is 1. The number of methoxy groups -OCH3 is 1. The number of aromatic nitrogens is 2. The van der Waals surface area contributed by atoms with Crippen LogP contribution in [0.25, 0.3) is 0 Å². The Morgan fingerprint density at radius 3 is 2.76 bits per heavy atom. The van der Waals surface area contributed by atoms with E-state index in [1.807, 2.05) is 0 Å². The molecule has 1 aliphatic rings. The van der Waals surface area contributed by atoms with Crippen LogP contribution in [0.15, 0.2) is 16.9 Å². The molecular weight excluding hydrogens is 290 g/mol. The highest BCUT2D eigenvalue weighted by Crippen LogP contribution is 2.23. The average molecular weight is 300 g/mol. The van der Waals surface area contributed by atoms with Gasteiger partial charge in [-0.3, -0.25) is 14.5 Å². The number of carbonyl (C=O) groups is 2. The molecule has 0 aliphatic carbocycles. The maximum absolute atomic E-state index is 11.7. The van der Waals surface area contributed by atoms with Crippen LogP contribution in [0.3, 0.4) is 0 Å². The lowest BCUT2D eigenvalue weighted by atomic mass is 10.1. The SMILES string of the molecule is COC(=O)C1CC(=O)N(c2ncc(Br)cn2)C1. The van der Waals surface area contributed by atoms with Crippen LogP contribution in [0.2, 0.25) is 0 Å². The van der Waals surface area contributed by atoms with Gasteiger partial charge in [-0.2, -0.15) is 0 Å². The van der Waals surface area contributed by atoms with Crippen molar-refractivity contribution in [2.75, 3.05) is 18.6 Å². The van der Waals surface area contributed by atoms with Gasteiger partial charge in [0.2, 0.25) is 11.9 Å². The molecular formula is C10H10BrN3O3. The molecule has 7 heteroatoms. The molecule has 1 aliphatic heterocycles. The van der Waals surface area contributed by atoms with E-state index >= 15 is 0 Å². The fourth-order valence-corrected chi connectivity index (χ4v) is 1.88. The first-order valence-electron chi connectivity index (χ1n) is 4.97. The van der Waals surface area contributed by atoms with E-state index in [1.54, 1.807) is 12.4 Å². The molecule has 90 valence electrons. The zero-order chi connectivity index (χ0) is 12.4. The first-order valence-corrected chi connectivity index (χ1v) is 5.77. The molecule has 2 rings (SSSR count).